The Morgan fingerprint density at radius 3 is 2.50 bits per heavy atom. The van der Waals surface area contributed by atoms with Crippen molar-refractivity contribution < 1.29 is 4.74 Å². The molecule has 1 atom stereocenters. The van der Waals surface area contributed by atoms with Gasteiger partial charge in [-0.25, -0.2) is 0 Å². The second kappa shape index (κ2) is 3.65. The first kappa shape index (κ1) is 10.1. The van der Waals surface area contributed by atoms with Crippen molar-refractivity contribution >= 4 is 15.9 Å². The van der Waals surface area contributed by atoms with Gasteiger partial charge in [-0.3, -0.25) is 5.32 Å². The Morgan fingerprint density at radius 1 is 1.36 bits per heavy atom. The number of hydrogen-bond donors (Lipinski definition) is 1. The van der Waals surface area contributed by atoms with E-state index in [9.17, 15) is 0 Å². The van der Waals surface area contributed by atoms with Gasteiger partial charge in [0, 0.05) is 4.47 Å². The van der Waals surface area contributed by atoms with Gasteiger partial charge >= 0.3 is 0 Å². The summed E-state index contributed by atoms with van der Waals surface area (Å²) in [6.07, 6.45) is 0. The zero-order valence-electron chi connectivity index (χ0n) is 8.38. The quantitative estimate of drug-likeness (QED) is 0.834. The minimum absolute atomic E-state index is 0.197. The van der Waals surface area contributed by atoms with Crippen molar-refractivity contribution in [3.63, 3.8) is 0 Å². The van der Waals surface area contributed by atoms with Crippen LogP contribution in [0.4, 0.5) is 0 Å². The zero-order chi connectivity index (χ0) is 10.2. The lowest BCUT2D eigenvalue weighted by molar-refractivity contribution is 0.0231. The van der Waals surface area contributed by atoms with Gasteiger partial charge in [-0.05, 0) is 31.5 Å². The summed E-state index contributed by atoms with van der Waals surface area (Å²) in [5, 5.41) is 3.43. The molecule has 3 heteroatoms. The molecule has 0 aliphatic carbocycles. The zero-order valence-corrected chi connectivity index (χ0v) is 9.97. The molecular formula is C11H14BrNO. The summed E-state index contributed by atoms with van der Waals surface area (Å²) in [6, 6.07) is 8.67. The molecule has 1 aromatic rings. The molecule has 76 valence electrons. The van der Waals surface area contributed by atoms with Gasteiger partial charge in [0.05, 0.1) is 12.6 Å². The van der Waals surface area contributed by atoms with Gasteiger partial charge in [-0.2, -0.15) is 0 Å². The summed E-state index contributed by atoms with van der Waals surface area (Å²) in [5.74, 6) is 0. The highest BCUT2D eigenvalue weighted by molar-refractivity contribution is 9.10. The van der Waals surface area contributed by atoms with E-state index in [0.29, 0.717) is 6.04 Å². The van der Waals surface area contributed by atoms with Crippen molar-refractivity contribution in [3.8, 4) is 0 Å². The second-order valence-electron chi connectivity index (χ2n) is 4.07. The van der Waals surface area contributed by atoms with Crippen molar-refractivity contribution in [2.45, 2.75) is 25.6 Å². The number of nitrogens with one attached hydrogen (secondary N) is 1. The van der Waals surface area contributed by atoms with Crippen LogP contribution in [0.5, 0.6) is 0 Å². The summed E-state index contributed by atoms with van der Waals surface area (Å²) in [6.45, 7) is 4.84. The third kappa shape index (κ3) is 2.16. The summed E-state index contributed by atoms with van der Waals surface area (Å²) < 4.78 is 6.73. The van der Waals surface area contributed by atoms with Crippen LogP contribution in [0.1, 0.15) is 25.5 Å². The van der Waals surface area contributed by atoms with Gasteiger partial charge < -0.3 is 4.74 Å². The smallest absolute Gasteiger partial charge is 0.114 e. The van der Waals surface area contributed by atoms with Crippen LogP contribution in [0, 0.1) is 0 Å². The molecule has 14 heavy (non-hydrogen) atoms. The van der Waals surface area contributed by atoms with E-state index >= 15 is 0 Å². The average Bonchev–Trinajstić information content (AvgIpc) is 2.47. The van der Waals surface area contributed by atoms with Gasteiger partial charge in [-0.15, -0.1) is 0 Å². The molecule has 0 saturated carbocycles. The van der Waals surface area contributed by atoms with Crippen LogP contribution in [0.2, 0.25) is 0 Å². The Kier molecular flexibility index (Phi) is 2.64. The molecule has 0 amide bonds. The molecule has 0 aromatic heterocycles. The molecule has 1 saturated heterocycles. The molecule has 2 nitrogen and oxygen atoms in total. The fraction of sp³-hybridized carbons (Fsp3) is 0.455. The molecular weight excluding hydrogens is 242 g/mol. The van der Waals surface area contributed by atoms with Crippen molar-refractivity contribution in [2.75, 3.05) is 6.61 Å². The van der Waals surface area contributed by atoms with E-state index in [-0.39, 0.29) is 5.72 Å². The lowest BCUT2D eigenvalue weighted by Gasteiger charge is -2.18. The van der Waals surface area contributed by atoms with E-state index in [1.807, 2.05) is 13.8 Å². The molecule has 0 unspecified atom stereocenters. The Labute approximate surface area is 92.8 Å². The molecule has 0 radical (unpaired) electrons. The first-order chi connectivity index (χ1) is 6.57. The van der Waals surface area contributed by atoms with E-state index in [4.69, 9.17) is 4.74 Å². The third-order valence-electron chi connectivity index (χ3n) is 2.41. The van der Waals surface area contributed by atoms with E-state index in [2.05, 4.69) is 45.5 Å². The Hall–Kier alpha value is -0.380. The van der Waals surface area contributed by atoms with Crippen LogP contribution >= 0.6 is 15.9 Å². The fourth-order valence-corrected chi connectivity index (χ4v) is 1.93. The fourth-order valence-electron chi connectivity index (χ4n) is 1.67. The van der Waals surface area contributed by atoms with E-state index in [1.165, 1.54) is 5.56 Å². The van der Waals surface area contributed by atoms with Crippen LogP contribution < -0.4 is 5.32 Å². The Balaban J connectivity index is 2.14. The lowest BCUT2D eigenvalue weighted by atomic mass is 10.1. The molecule has 1 aliphatic heterocycles. The molecule has 1 N–H and O–H groups in total. The molecule has 0 bridgehead atoms. The SMILES string of the molecule is CC1(C)N[C@H](c2ccc(Br)cc2)CO1. The van der Waals surface area contributed by atoms with Gasteiger partial charge in [0.25, 0.3) is 0 Å². The number of rotatable bonds is 1. The number of benzene rings is 1. The summed E-state index contributed by atoms with van der Waals surface area (Å²) in [7, 11) is 0. The monoisotopic (exact) mass is 255 g/mol. The predicted octanol–water partition coefficient (Wildman–Crippen LogP) is 2.85. The maximum atomic E-state index is 5.61. The van der Waals surface area contributed by atoms with Crippen molar-refractivity contribution in [2.24, 2.45) is 0 Å². The molecule has 2 rings (SSSR count). The Morgan fingerprint density at radius 2 is 2.00 bits per heavy atom. The van der Waals surface area contributed by atoms with Gasteiger partial charge in [0.2, 0.25) is 0 Å². The largest absolute Gasteiger partial charge is 0.359 e. The van der Waals surface area contributed by atoms with Crippen molar-refractivity contribution in [1.29, 1.82) is 0 Å². The van der Waals surface area contributed by atoms with Crippen LogP contribution in [0.15, 0.2) is 28.7 Å². The van der Waals surface area contributed by atoms with Crippen LogP contribution in [-0.2, 0) is 4.74 Å². The molecule has 1 heterocycles. The normalized spacial score (nSPS) is 25.2. The molecule has 0 spiro atoms. The molecule has 1 fully saturated rings. The predicted molar refractivity (Wildman–Crippen MR) is 60.0 cm³/mol. The first-order valence-electron chi connectivity index (χ1n) is 4.74. The minimum atomic E-state index is -0.197. The third-order valence-corrected chi connectivity index (χ3v) is 2.93. The minimum Gasteiger partial charge on any atom is -0.359 e. The standard InChI is InChI=1S/C11H14BrNO/c1-11(2)13-10(7-14-11)8-3-5-9(12)6-4-8/h3-6,10,13H,7H2,1-2H3/t10-/m0/s1. The maximum Gasteiger partial charge on any atom is 0.114 e. The van der Waals surface area contributed by atoms with Crippen LogP contribution in [0.3, 0.4) is 0 Å². The van der Waals surface area contributed by atoms with Crippen molar-refractivity contribution in [3.05, 3.63) is 34.3 Å². The highest BCUT2D eigenvalue weighted by Gasteiger charge is 2.31. The van der Waals surface area contributed by atoms with Gasteiger partial charge in [0.1, 0.15) is 5.72 Å². The molecule has 1 aliphatic rings. The molecule has 1 aromatic carbocycles. The summed E-state index contributed by atoms with van der Waals surface area (Å²) >= 11 is 3.42. The summed E-state index contributed by atoms with van der Waals surface area (Å²) in [4.78, 5) is 0. The van der Waals surface area contributed by atoms with Gasteiger partial charge in [0.15, 0.2) is 0 Å². The lowest BCUT2D eigenvalue weighted by Crippen LogP contribution is -2.34. The van der Waals surface area contributed by atoms with E-state index in [0.717, 1.165) is 11.1 Å². The second-order valence-corrected chi connectivity index (χ2v) is 4.99. The number of ether oxygens (including phenoxy) is 1. The number of hydrogen-bond acceptors (Lipinski definition) is 2. The Bertz CT molecular complexity index is 321. The maximum absolute atomic E-state index is 5.61. The van der Waals surface area contributed by atoms with Gasteiger partial charge in [-0.1, -0.05) is 28.1 Å². The van der Waals surface area contributed by atoms with E-state index < -0.39 is 0 Å². The van der Waals surface area contributed by atoms with E-state index in [1.54, 1.807) is 0 Å². The highest BCUT2D eigenvalue weighted by atomic mass is 79.9. The average molecular weight is 256 g/mol. The highest BCUT2D eigenvalue weighted by Crippen LogP contribution is 2.26. The number of halogens is 1. The first-order valence-corrected chi connectivity index (χ1v) is 5.53. The van der Waals surface area contributed by atoms with Crippen LogP contribution in [-0.4, -0.2) is 12.3 Å². The van der Waals surface area contributed by atoms with Crippen LogP contribution in [0.25, 0.3) is 0 Å². The topological polar surface area (TPSA) is 21.3 Å². The van der Waals surface area contributed by atoms with Crippen molar-refractivity contribution in [1.82, 2.24) is 5.32 Å². The summed E-state index contributed by atoms with van der Waals surface area (Å²) in [5.41, 5.74) is 1.08.